The van der Waals surface area contributed by atoms with Crippen molar-refractivity contribution in [1.82, 2.24) is 20.8 Å². The van der Waals surface area contributed by atoms with E-state index in [9.17, 15) is 29.2 Å². The van der Waals surface area contributed by atoms with Crippen LogP contribution < -0.4 is 10.9 Å². The number of hydrogen-bond acceptors (Lipinski definition) is 6. The Morgan fingerprint density at radius 3 is 2.11 bits per heavy atom. The molecule has 3 N–H and O–H groups in total. The van der Waals surface area contributed by atoms with E-state index in [1.165, 1.54) is 0 Å². The van der Waals surface area contributed by atoms with Crippen LogP contribution in [0.15, 0.2) is 66.7 Å². The van der Waals surface area contributed by atoms with Gasteiger partial charge in [-0.25, -0.2) is 15.2 Å². The molecule has 0 spiro atoms. The van der Waals surface area contributed by atoms with Crippen LogP contribution in [0.3, 0.4) is 0 Å². The minimum atomic E-state index is -1.19. The molecule has 0 unspecified atom stereocenters. The monoisotopic (exact) mass is 506 g/mol. The molecule has 1 aliphatic heterocycles. The molecule has 6 amide bonds. The van der Waals surface area contributed by atoms with Gasteiger partial charge in [-0.05, 0) is 29.9 Å². The number of rotatable bonds is 11. The van der Waals surface area contributed by atoms with Gasteiger partial charge in [-0.15, -0.1) is 0 Å². The van der Waals surface area contributed by atoms with Crippen LogP contribution in [0.4, 0.5) is 4.79 Å². The van der Waals surface area contributed by atoms with Crippen molar-refractivity contribution in [2.24, 2.45) is 17.8 Å². The maximum Gasteiger partial charge on any atom is 0.353 e. The molecule has 10 nitrogen and oxygen atoms in total. The first-order valence-corrected chi connectivity index (χ1v) is 11.9. The van der Waals surface area contributed by atoms with Crippen LogP contribution in [-0.4, -0.2) is 44.8 Å². The number of nitrogens with zero attached hydrogens (tertiary/aromatic N) is 2. The average molecular weight is 507 g/mol. The second kappa shape index (κ2) is 12.6. The smallest absolute Gasteiger partial charge is 0.289 e. The number of imide groups is 2. The topological polar surface area (TPSA) is 136 Å². The van der Waals surface area contributed by atoms with Crippen LogP contribution >= 0.6 is 0 Å². The van der Waals surface area contributed by atoms with Crippen LogP contribution in [-0.2, 0) is 25.7 Å². The minimum absolute atomic E-state index is 0.0379. The molecule has 0 radical (unpaired) electrons. The summed E-state index contributed by atoms with van der Waals surface area (Å²) >= 11 is 0. The lowest BCUT2D eigenvalue weighted by molar-refractivity contribution is -0.148. The lowest BCUT2D eigenvalue weighted by Crippen LogP contribution is -2.51. The van der Waals surface area contributed by atoms with Gasteiger partial charge in [-0.2, -0.15) is 5.01 Å². The number of hydrazine groups is 1. The van der Waals surface area contributed by atoms with Gasteiger partial charge in [0, 0.05) is 0 Å². The van der Waals surface area contributed by atoms with Crippen LogP contribution in [0.2, 0.25) is 0 Å². The summed E-state index contributed by atoms with van der Waals surface area (Å²) in [7, 11) is 0. The second-order valence-corrected chi connectivity index (χ2v) is 9.14. The standard InChI is InChI=1S/C27H30N4O6/c1-18(2)16-22(21(24(33)29-37)15-9-14-19-10-5-3-6-11-19)23(32)28-31-26(35)25(34)30(27(31)36)17-20-12-7-4-8-13-20/h3-14,18,21-22,37H,15-17H2,1-2H3,(H,28,32)(H,29,33)/t21-,22+/m0/s1. The molecule has 2 aromatic carbocycles. The van der Waals surface area contributed by atoms with Gasteiger partial charge in [-0.1, -0.05) is 86.7 Å². The minimum Gasteiger partial charge on any atom is -0.289 e. The fraction of sp³-hybridized carbons (Fsp3) is 0.296. The molecule has 0 aromatic heterocycles. The van der Waals surface area contributed by atoms with E-state index in [-0.39, 0.29) is 25.3 Å². The molecule has 1 saturated heterocycles. The van der Waals surface area contributed by atoms with Crippen molar-refractivity contribution in [2.45, 2.75) is 33.2 Å². The molecule has 3 rings (SSSR count). The predicted octanol–water partition coefficient (Wildman–Crippen LogP) is 2.90. The Labute approximate surface area is 214 Å². The van der Waals surface area contributed by atoms with Gasteiger partial charge in [0.1, 0.15) is 0 Å². The highest BCUT2D eigenvalue weighted by atomic mass is 16.5. The van der Waals surface area contributed by atoms with Gasteiger partial charge < -0.3 is 0 Å². The summed E-state index contributed by atoms with van der Waals surface area (Å²) in [5, 5.41) is 9.72. The highest BCUT2D eigenvalue weighted by Crippen LogP contribution is 2.26. The van der Waals surface area contributed by atoms with E-state index in [0.29, 0.717) is 10.6 Å². The number of allylic oxidation sites excluding steroid dienone is 1. The zero-order valence-corrected chi connectivity index (χ0v) is 20.7. The molecule has 1 heterocycles. The van der Waals surface area contributed by atoms with Crippen LogP contribution in [0, 0.1) is 17.8 Å². The van der Waals surface area contributed by atoms with Gasteiger partial charge in [0.05, 0.1) is 18.4 Å². The maximum atomic E-state index is 13.3. The Balaban J connectivity index is 1.79. The third kappa shape index (κ3) is 6.89. The average Bonchev–Trinajstić information content (AvgIpc) is 3.09. The molecule has 0 aliphatic carbocycles. The zero-order valence-electron chi connectivity index (χ0n) is 20.7. The molecular weight excluding hydrogens is 476 g/mol. The predicted molar refractivity (Wildman–Crippen MR) is 134 cm³/mol. The number of nitrogens with one attached hydrogen (secondary N) is 2. The number of hydroxylamine groups is 1. The third-order valence-electron chi connectivity index (χ3n) is 5.95. The van der Waals surface area contributed by atoms with Crippen molar-refractivity contribution in [3.05, 3.63) is 77.9 Å². The summed E-state index contributed by atoms with van der Waals surface area (Å²) in [6.45, 7) is 3.57. The lowest BCUT2D eigenvalue weighted by atomic mass is 9.82. The maximum absolute atomic E-state index is 13.3. The zero-order chi connectivity index (χ0) is 26.9. The highest BCUT2D eigenvalue weighted by molar-refractivity contribution is 6.44. The van der Waals surface area contributed by atoms with Gasteiger partial charge in [0.25, 0.3) is 0 Å². The van der Waals surface area contributed by atoms with E-state index in [4.69, 9.17) is 0 Å². The molecule has 0 bridgehead atoms. The fourth-order valence-corrected chi connectivity index (χ4v) is 4.12. The second-order valence-electron chi connectivity index (χ2n) is 9.14. The molecular formula is C27H30N4O6. The number of urea groups is 1. The molecule has 2 atom stereocenters. The number of carbonyl (C=O) groups excluding carboxylic acids is 5. The highest BCUT2D eigenvalue weighted by Gasteiger charge is 2.47. The summed E-state index contributed by atoms with van der Waals surface area (Å²) in [5.74, 6) is -5.87. The Kier molecular flexibility index (Phi) is 9.28. The summed E-state index contributed by atoms with van der Waals surface area (Å²) < 4.78 is 0. The summed E-state index contributed by atoms with van der Waals surface area (Å²) in [5.41, 5.74) is 5.38. The van der Waals surface area contributed by atoms with Crippen molar-refractivity contribution in [3.63, 3.8) is 0 Å². The number of amides is 6. The van der Waals surface area contributed by atoms with Crippen molar-refractivity contribution < 1.29 is 29.2 Å². The third-order valence-corrected chi connectivity index (χ3v) is 5.95. The van der Waals surface area contributed by atoms with Gasteiger partial charge in [0.15, 0.2) is 0 Å². The summed E-state index contributed by atoms with van der Waals surface area (Å²) in [6, 6.07) is 17.0. The first kappa shape index (κ1) is 27.3. The number of hydrogen-bond donors (Lipinski definition) is 3. The van der Waals surface area contributed by atoms with E-state index in [1.807, 2.05) is 44.2 Å². The molecule has 1 aliphatic rings. The van der Waals surface area contributed by atoms with Gasteiger partial charge in [0.2, 0.25) is 11.8 Å². The van der Waals surface area contributed by atoms with Crippen LogP contribution in [0.25, 0.3) is 6.08 Å². The van der Waals surface area contributed by atoms with E-state index >= 15 is 0 Å². The molecule has 0 saturated carbocycles. The molecule has 37 heavy (non-hydrogen) atoms. The largest absolute Gasteiger partial charge is 0.353 e. The Morgan fingerprint density at radius 1 is 0.892 bits per heavy atom. The normalized spacial score (nSPS) is 15.4. The fourth-order valence-electron chi connectivity index (χ4n) is 4.12. The summed E-state index contributed by atoms with van der Waals surface area (Å²) in [6.07, 6.45) is 3.83. The molecule has 2 aromatic rings. The molecule has 194 valence electrons. The van der Waals surface area contributed by atoms with E-state index in [2.05, 4.69) is 5.43 Å². The van der Waals surface area contributed by atoms with Gasteiger partial charge >= 0.3 is 17.8 Å². The Bertz CT molecular complexity index is 1170. The SMILES string of the molecule is CC(C)C[C@@H](C(=O)NN1C(=O)C(=O)N(Cc2ccccc2)C1=O)[C@H](CC=Cc1ccccc1)C(=O)NO. The van der Waals surface area contributed by atoms with Crippen LogP contribution in [0.1, 0.15) is 37.8 Å². The Morgan fingerprint density at radius 2 is 1.51 bits per heavy atom. The van der Waals surface area contributed by atoms with Crippen LogP contribution in [0.5, 0.6) is 0 Å². The summed E-state index contributed by atoms with van der Waals surface area (Å²) in [4.78, 5) is 64.5. The van der Waals surface area contributed by atoms with E-state index < -0.39 is 41.5 Å². The molecule has 1 fully saturated rings. The van der Waals surface area contributed by atoms with Crippen molar-refractivity contribution >= 4 is 35.7 Å². The van der Waals surface area contributed by atoms with Crippen molar-refractivity contribution in [3.8, 4) is 0 Å². The van der Waals surface area contributed by atoms with Crippen molar-refractivity contribution in [2.75, 3.05) is 0 Å². The Hall–Kier alpha value is -4.31. The first-order valence-electron chi connectivity index (χ1n) is 11.9. The number of benzene rings is 2. The quantitative estimate of drug-likeness (QED) is 0.186. The van der Waals surface area contributed by atoms with Crippen molar-refractivity contribution in [1.29, 1.82) is 0 Å². The first-order chi connectivity index (χ1) is 17.7. The number of carbonyl (C=O) groups is 5. The van der Waals surface area contributed by atoms with Gasteiger partial charge in [-0.3, -0.25) is 29.8 Å². The lowest BCUT2D eigenvalue weighted by Gasteiger charge is -2.27. The van der Waals surface area contributed by atoms with E-state index in [1.54, 1.807) is 48.0 Å². The van der Waals surface area contributed by atoms with E-state index in [0.717, 1.165) is 10.5 Å². The molecule has 10 heteroatoms.